The van der Waals surface area contributed by atoms with Crippen LogP contribution in [0.25, 0.3) is 22.6 Å². The number of hydrogen-bond acceptors (Lipinski definition) is 6. The Morgan fingerprint density at radius 2 is 2.14 bits per heavy atom. The van der Waals surface area contributed by atoms with E-state index in [-0.39, 0.29) is 5.92 Å². The number of hydrogen-bond donors (Lipinski definition) is 2. The zero-order valence-electron chi connectivity index (χ0n) is 12.3. The van der Waals surface area contributed by atoms with Crippen LogP contribution in [0.1, 0.15) is 25.5 Å². The van der Waals surface area contributed by atoms with Crippen molar-refractivity contribution in [2.75, 3.05) is 0 Å². The van der Waals surface area contributed by atoms with Crippen molar-refractivity contribution in [1.29, 1.82) is 5.26 Å². The van der Waals surface area contributed by atoms with Crippen LogP contribution in [0.15, 0.2) is 30.9 Å². The van der Waals surface area contributed by atoms with E-state index in [0.717, 1.165) is 11.0 Å². The van der Waals surface area contributed by atoms with Crippen LogP contribution in [0.5, 0.6) is 0 Å². The minimum Gasteiger partial charge on any atom is -0.346 e. The Morgan fingerprint density at radius 3 is 2.91 bits per heavy atom. The van der Waals surface area contributed by atoms with Gasteiger partial charge < -0.3 is 10.7 Å². The maximum absolute atomic E-state index is 9.18. The Morgan fingerprint density at radius 1 is 1.32 bits per heavy atom. The van der Waals surface area contributed by atoms with E-state index in [9.17, 15) is 5.26 Å². The number of nitrogens with two attached hydrogens (primary N) is 1. The van der Waals surface area contributed by atoms with Gasteiger partial charge in [0.15, 0.2) is 5.82 Å². The maximum Gasteiger partial charge on any atom is 0.179 e. The van der Waals surface area contributed by atoms with Crippen molar-refractivity contribution < 1.29 is 0 Å². The molecule has 3 rings (SSSR count). The van der Waals surface area contributed by atoms with E-state index < -0.39 is 5.54 Å². The fourth-order valence-electron chi connectivity index (χ4n) is 2.18. The highest BCUT2D eigenvalue weighted by molar-refractivity contribution is 5.88. The summed E-state index contributed by atoms with van der Waals surface area (Å²) in [6, 6.07) is 5.76. The highest BCUT2D eigenvalue weighted by atomic mass is 15.0. The Labute approximate surface area is 127 Å². The summed E-state index contributed by atoms with van der Waals surface area (Å²) < 4.78 is 0. The average Bonchev–Trinajstić information content (AvgIpc) is 3.02. The second kappa shape index (κ2) is 5.16. The first-order valence-electron chi connectivity index (χ1n) is 6.84. The predicted octanol–water partition coefficient (Wildman–Crippen LogP) is 1.76. The molecule has 22 heavy (non-hydrogen) atoms. The SMILES string of the molecule is CC(c1ccnc(-c2ncnc3[nH]ccc23)n1)C(C)(N)C#N. The summed E-state index contributed by atoms with van der Waals surface area (Å²) in [6.45, 7) is 3.57. The van der Waals surface area contributed by atoms with Crippen LogP contribution in [0.2, 0.25) is 0 Å². The minimum absolute atomic E-state index is 0.234. The molecule has 3 N–H and O–H groups in total. The number of nitriles is 1. The van der Waals surface area contributed by atoms with Gasteiger partial charge >= 0.3 is 0 Å². The van der Waals surface area contributed by atoms with Crippen molar-refractivity contribution >= 4 is 11.0 Å². The Hall–Kier alpha value is -2.85. The summed E-state index contributed by atoms with van der Waals surface area (Å²) >= 11 is 0. The van der Waals surface area contributed by atoms with Gasteiger partial charge in [-0.15, -0.1) is 0 Å². The molecule has 0 saturated carbocycles. The fourth-order valence-corrected chi connectivity index (χ4v) is 2.18. The van der Waals surface area contributed by atoms with Crippen molar-refractivity contribution in [2.24, 2.45) is 5.73 Å². The van der Waals surface area contributed by atoms with Crippen LogP contribution >= 0.6 is 0 Å². The molecule has 7 heteroatoms. The minimum atomic E-state index is -0.999. The van der Waals surface area contributed by atoms with Gasteiger partial charge in [-0.3, -0.25) is 0 Å². The number of nitrogens with zero attached hydrogens (tertiary/aromatic N) is 5. The lowest BCUT2D eigenvalue weighted by Crippen LogP contribution is -2.40. The van der Waals surface area contributed by atoms with E-state index in [0.29, 0.717) is 17.2 Å². The molecule has 0 amide bonds. The van der Waals surface area contributed by atoms with E-state index >= 15 is 0 Å². The van der Waals surface area contributed by atoms with Gasteiger partial charge in [0.2, 0.25) is 0 Å². The topological polar surface area (TPSA) is 117 Å². The zero-order valence-corrected chi connectivity index (χ0v) is 12.3. The summed E-state index contributed by atoms with van der Waals surface area (Å²) in [7, 11) is 0. The summed E-state index contributed by atoms with van der Waals surface area (Å²) in [5, 5.41) is 10.0. The van der Waals surface area contributed by atoms with Gasteiger partial charge in [0.25, 0.3) is 0 Å². The van der Waals surface area contributed by atoms with Crippen LogP contribution in [0, 0.1) is 11.3 Å². The molecule has 110 valence electrons. The molecule has 0 spiro atoms. The normalized spacial score (nSPS) is 15.2. The van der Waals surface area contributed by atoms with Crippen LogP contribution in [0.3, 0.4) is 0 Å². The third-order valence-electron chi connectivity index (χ3n) is 3.83. The second-order valence-corrected chi connectivity index (χ2v) is 5.38. The fraction of sp³-hybridized carbons (Fsp3) is 0.267. The second-order valence-electron chi connectivity index (χ2n) is 5.38. The molecule has 2 atom stereocenters. The van der Waals surface area contributed by atoms with Crippen molar-refractivity contribution in [3.05, 3.63) is 36.5 Å². The number of aromatic nitrogens is 5. The Balaban J connectivity index is 2.09. The first kappa shape index (κ1) is 14.1. The smallest absolute Gasteiger partial charge is 0.179 e. The van der Waals surface area contributed by atoms with Crippen LogP contribution < -0.4 is 5.73 Å². The molecular weight excluding hydrogens is 278 g/mol. The Bertz CT molecular complexity index is 859. The van der Waals surface area contributed by atoms with Gasteiger partial charge in [-0.2, -0.15) is 5.26 Å². The molecule has 0 fully saturated rings. The number of aromatic amines is 1. The predicted molar refractivity (Wildman–Crippen MR) is 81.5 cm³/mol. The van der Waals surface area contributed by atoms with Gasteiger partial charge in [0.05, 0.1) is 11.8 Å². The number of rotatable bonds is 3. The van der Waals surface area contributed by atoms with Crippen molar-refractivity contribution in [1.82, 2.24) is 24.9 Å². The van der Waals surface area contributed by atoms with Crippen molar-refractivity contribution in [3.63, 3.8) is 0 Å². The standard InChI is InChI=1S/C15H15N7/c1-9(15(2,17)7-16)11-4-6-19-14(22-11)12-10-3-5-18-13(10)21-8-20-12/h3-6,8-9H,17H2,1-2H3,(H,18,20,21). The quantitative estimate of drug-likeness (QED) is 0.759. The largest absolute Gasteiger partial charge is 0.346 e. The van der Waals surface area contributed by atoms with Crippen molar-refractivity contribution in [3.8, 4) is 17.6 Å². The third-order valence-corrected chi connectivity index (χ3v) is 3.83. The first-order chi connectivity index (χ1) is 10.5. The number of nitrogens with one attached hydrogen (secondary N) is 1. The van der Waals surface area contributed by atoms with Gasteiger partial charge in [-0.1, -0.05) is 6.92 Å². The van der Waals surface area contributed by atoms with Gasteiger partial charge in [0, 0.05) is 23.7 Å². The maximum atomic E-state index is 9.18. The third kappa shape index (κ3) is 2.29. The lowest BCUT2D eigenvalue weighted by Gasteiger charge is -2.23. The van der Waals surface area contributed by atoms with E-state index in [4.69, 9.17) is 5.73 Å². The van der Waals surface area contributed by atoms with Gasteiger partial charge in [-0.05, 0) is 19.1 Å². The zero-order chi connectivity index (χ0) is 15.7. The summed E-state index contributed by atoms with van der Waals surface area (Å²) in [5.41, 5.74) is 7.09. The van der Waals surface area contributed by atoms with Crippen LogP contribution in [-0.4, -0.2) is 30.5 Å². The molecule has 0 bridgehead atoms. The molecule has 3 aromatic rings. The lowest BCUT2D eigenvalue weighted by molar-refractivity contribution is 0.490. The van der Waals surface area contributed by atoms with E-state index in [1.54, 1.807) is 25.4 Å². The van der Waals surface area contributed by atoms with E-state index in [1.807, 2.05) is 13.0 Å². The molecule has 0 aliphatic rings. The average molecular weight is 293 g/mol. The van der Waals surface area contributed by atoms with Gasteiger partial charge in [0.1, 0.15) is 23.2 Å². The molecule has 0 radical (unpaired) electrons. The summed E-state index contributed by atoms with van der Waals surface area (Å²) in [5.74, 6) is 0.257. The molecule has 2 unspecified atom stereocenters. The lowest BCUT2D eigenvalue weighted by atomic mass is 9.87. The monoisotopic (exact) mass is 293 g/mol. The molecule has 0 saturated heterocycles. The molecule has 0 aliphatic carbocycles. The Kier molecular flexibility index (Phi) is 3.31. The van der Waals surface area contributed by atoms with Gasteiger partial charge in [-0.25, -0.2) is 19.9 Å². The highest BCUT2D eigenvalue weighted by Gasteiger charge is 2.29. The first-order valence-corrected chi connectivity index (χ1v) is 6.84. The summed E-state index contributed by atoms with van der Waals surface area (Å²) in [4.78, 5) is 20.3. The molecule has 3 heterocycles. The number of H-pyrrole nitrogens is 1. The molecule has 0 aliphatic heterocycles. The van der Waals surface area contributed by atoms with E-state index in [2.05, 4.69) is 31.0 Å². The van der Waals surface area contributed by atoms with E-state index in [1.165, 1.54) is 6.33 Å². The summed E-state index contributed by atoms with van der Waals surface area (Å²) in [6.07, 6.45) is 4.92. The molecule has 7 nitrogen and oxygen atoms in total. The van der Waals surface area contributed by atoms with Crippen LogP contribution in [0.4, 0.5) is 0 Å². The van der Waals surface area contributed by atoms with Crippen molar-refractivity contribution in [2.45, 2.75) is 25.3 Å². The molecule has 0 aromatic carbocycles. The number of fused-ring (bicyclic) bond motifs is 1. The van der Waals surface area contributed by atoms with Crippen LogP contribution in [-0.2, 0) is 0 Å². The highest BCUT2D eigenvalue weighted by Crippen LogP contribution is 2.26. The molecule has 3 aromatic heterocycles. The molecular formula is C15H15N7.